The molecule has 13 heavy (non-hydrogen) atoms. The Morgan fingerprint density at radius 1 is 1.23 bits per heavy atom. The van der Waals surface area contributed by atoms with Crippen molar-refractivity contribution < 1.29 is 13.3 Å². The van der Waals surface area contributed by atoms with Crippen LogP contribution in [0.3, 0.4) is 0 Å². The molecule has 0 heterocycles. The predicted octanol–water partition coefficient (Wildman–Crippen LogP) is 1.96. The summed E-state index contributed by atoms with van der Waals surface area (Å²) in [4.78, 5) is 0. The van der Waals surface area contributed by atoms with Crippen LogP contribution in [0.2, 0.25) is 6.04 Å². The van der Waals surface area contributed by atoms with Crippen molar-refractivity contribution in [3.8, 4) is 0 Å². The molecule has 0 rings (SSSR count). The van der Waals surface area contributed by atoms with E-state index >= 15 is 0 Å². The summed E-state index contributed by atoms with van der Waals surface area (Å²) in [6.07, 6.45) is 1.02. The highest BCUT2D eigenvalue weighted by Gasteiger charge is 2.38. The fraction of sp³-hybridized carbons (Fsp3) is 1.00. The van der Waals surface area contributed by atoms with Gasteiger partial charge in [0.05, 0.1) is 0 Å². The molecule has 0 aromatic rings. The highest BCUT2D eigenvalue weighted by atomic mass is 32.1. The van der Waals surface area contributed by atoms with Gasteiger partial charge in [-0.3, -0.25) is 0 Å². The molecule has 0 N–H and O–H groups in total. The zero-order chi connectivity index (χ0) is 10.2. The van der Waals surface area contributed by atoms with Crippen molar-refractivity contribution >= 4 is 21.4 Å². The Balaban J connectivity index is 4.07. The second kappa shape index (κ2) is 7.81. The molecule has 1 unspecified atom stereocenters. The van der Waals surface area contributed by atoms with Gasteiger partial charge in [-0.25, -0.2) is 0 Å². The second-order valence-electron chi connectivity index (χ2n) is 2.64. The van der Waals surface area contributed by atoms with Gasteiger partial charge in [0.15, 0.2) is 0 Å². The lowest BCUT2D eigenvalue weighted by atomic mass is 10.6. The summed E-state index contributed by atoms with van der Waals surface area (Å²) in [7, 11) is -0.677. The maximum Gasteiger partial charge on any atom is 0.500 e. The first-order chi connectivity index (χ1) is 6.24. The van der Waals surface area contributed by atoms with Gasteiger partial charge in [0, 0.05) is 32.1 Å². The van der Waals surface area contributed by atoms with Crippen LogP contribution in [-0.2, 0) is 13.3 Å². The average molecular weight is 224 g/mol. The monoisotopic (exact) mass is 224 g/mol. The van der Waals surface area contributed by atoms with Crippen molar-refractivity contribution in [2.45, 2.75) is 26.3 Å². The molecule has 1 atom stereocenters. The normalized spacial score (nSPS) is 15.7. The molecule has 5 heteroatoms. The van der Waals surface area contributed by atoms with Gasteiger partial charge in [-0.05, 0) is 6.92 Å². The van der Waals surface area contributed by atoms with Crippen LogP contribution in [0.5, 0.6) is 0 Å². The molecule has 0 saturated heterocycles. The van der Waals surface area contributed by atoms with E-state index in [-0.39, 0.29) is 0 Å². The summed E-state index contributed by atoms with van der Waals surface area (Å²) in [5, 5.41) is 0. The lowest BCUT2D eigenvalue weighted by molar-refractivity contribution is 0.0874. The van der Waals surface area contributed by atoms with E-state index in [2.05, 4.69) is 19.6 Å². The van der Waals surface area contributed by atoms with Gasteiger partial charge >= 0.3 is 8.80 Å². The highest BCUT2D eigenvalue weighted by molar-refractivity contribution is 7.80. The van der Waals surface area contributed by atoms with E-state index in [4.69, 9.17) is 13.3 Å². The van der Waals surface area contributed by atoms with E-state index in [9.17, 15) is 0 Å². The molecule has 0 amide bonds. The lowest BCUT2D eigenvalue weighted by Gasteiger charge is -2.26. The highest BCUT2D eigenvalue weighted by Crippen LogP contribution is 2.16. The number of thiol groups is 1. The van der Waals surface area contributed by atoms with E-state index < -0.39 is 8.80 Å². The first-order valence-electron chi connectivity index (χ1n) is 4.68. The zero-order valence-corrected chi connectivity index (χ0v) is 10.6. The van der Waals surface area contributed by atoms with Gasteiger partial charge < -0.3 is 13.3 Å². The third kappa shape index (κ3) is 5.02. The average Bonchev–Trinajstić information content (AvgIpc) is 2.15. The molecule has 0 aliphatic rings. The molecule has 3 nitrogen and oxygen atoms in total. The van der Waals surface area contributed by atoms with Crippen LogP contribution in [0.1, 0.15) is 20.3 Å². The maximum atomic E-state index is 5.63. The van der Waals surface area contributed by atoms with E-state index in [0.717, 1.165) is 12.5 Å². The lowest BCUT2D eigenvalue weighted by Crippen LogP contribution is -2.45. The van der Waals surface area contributed by atoms with Crippen molar-refractivity contribution in [1.82, 2.24) is 0 Å². The van der Waals surface area contributed by atoms with Crippen LogP contribution in [0.4, 0.5) is 0 Å². The van der Waals surface area contributed by atoms with Crippen LogP contribution in [0.15, 0.2) is 0 Å². The number of rotatable bonds is 8. The smallest absolute Gasteiger partial charge is 0.377 e. The first kappa shape index (κ1) is 13.4. The van der Waals surface area contributed by atoms with Crippen molar-refractivity contribution in [2.24, 2.45) is 0 Å². The number of hydrogen-bond donors (Lipinski definition) is 1. The van der Waals surface area contributed by atoms with Crippen LogP contribution in [0, 0.1) is 0 Å². The molecule has 0 aromatic carbocycles. The van der Waals surface area contributed by atoms with E-state index in [1.165, 1.54) is 0 Å². The Kier molecular flexibility index (Phi) is 8.08. The minimum Gasteiger partial charge on any atom is -0.377 e. The molecule has 0 aromatic heterocycles. The Bertz CT molecular complexity index is 118. The molecule has 0 fully saturated rings. The third-order valence-electron chi connectivity index (χ3n) is 1.64. The van der Waals surface area contributed by atoms with Crippen molar-refractivity contribution in [3.05, 3.63) is 0 Å². The Morgan fingerprint density at radius 2 is 1.92 bits per heavy atom. The minimum atomic E-state index is -2.34. The van der Waals surface area contributed by atoms with Crippen LogP contribution in [-0.4, -0.2) is 34.9 Å². The van der Waals surface area contributed by atoms with E-state index in [0.29, 0.717) is 19.0 Å². The quantitative estimate of drug-likeness (QED) is 0.504. The minimum absolute atomic E-state index is 0.600. The topological polar surface area (TPSA) is 27.7 Å². The summed E-state index contributed by atoms with van der Waals surface area (Å²) in [6, 6.07) is 0.880. The first-order valence-corrected chi connectivity index (χ1v) is 7.25. The summed E-state index contributed by atoms with van der Waals surface area (Å²) in [6.45, 7) is 5.31. The van der Waals surface area contributed by atoms with Gasteiger partial charge in [0.2, 0.25) is 0 Å². The zero-order valence-electron chi connectivity index (χ0n) is 8.71. The number of hydrogen-bond acceptors (Lipinski definition) is 4. The molecule has 0 aliphatic carbocycles. The van der Waals surface area contributed by atoms with Crippen LogP contribution >= 0.6 is 12.6 Å². The van der Waals surface area contributed by atoms with Gasteiger partial charge in [0.25, 0.3) is 0 Å². The van der Waals surface area contributed by atoms with Crippen LogP contribution < -0.4 is 0 Å². The molecular formula is C8H20O3SSi. The van der Waals surface area contributed by atoms with Gasteiger partial charge in [-0.2, -0.15) is 12.6 Å². The van der Waals surface area contributed by atoms with Crippen molar-refractivity contribution in [2.75, 3.05) is 26.1 Å². The summed E-state index contributed by atoms with van der Waals surface area (Å²) in [5.74, 6) is 0.703. The van der Waals surface area contributed by atoms with Gasteiger partial charge in [-0.15, -0.1) is 0 Å². The largest absolute Gasteiger partial charge is 0.500 e. The standard InChI is InChI=1S/C8H20O3SSi/c1-4-8-13(9-3,10-5-2)11-6-7-12/h12H,4-8H2,1-3H3. The Morgan fingerprint density at radius 3 is 2.31 bits per heavy atom. The SMILES string of the molecule is CCC[Si](OC)(OCC)OCCS. The summed E-state index contributed by atoms with van der Waals surface area (Å²) in [5.41, 5.74) is 0. The molecule has 0 saturated carbocycles. The van der Waals surface area contributed by atoms with Crippen molar-refractivity contribution in [3.63, 3.8) is 0 Å². The van der Waals surface area contributed by atoms with E-state index in [1.54, 1.807) is 7.11 Å². The Labute approximate surface area is 87.5 Å². The fourth-order valence-corrected chi connectivity index (χ4v) is 3.67. The molecule has 0 bridgehead atoms. The fourth-order valence-electron chi connectivity index (χ4n) is 1.13. The summed E-state index contributed by atoms with van der Waals surface area (Å²) < 4.78 is 16.6. The van der Waals surface area contributed by atoms with E-state index in [1.807, 2.05) is 6.92 Å². The molecule has 80 valence electrons. The molecule has 0 radical (unpaired) electrons. The van der Waals surface area contributed by atoms with Gasteiger partial charge in [-0.1, -0.05) is 13.3 Å². The molecule has 0 aliphatic heterocycles. The second-order valence-corrected chi connectivity index (χ2v) is 5.94. The Hall–Kier alpha value is 0.447. The van der Waals surface area contributed by atoms with Gasteiger partial charge in [0.1, 0.15) is 0 Å². The third-order valence-corrected chi connectivity index (χ3v) is 4.93. The predicted molar refractivity (Wildman–Crippen MR) is 59.3 cm³/mol. The van der Waals surface area contributed by atoms with Crippen LogP contribution in [0.25, 0.3) is 0 Å². The van der Waals surface area contributed by atoms with Crippen molar-refractivity contribution in [1.29, 1.82) is 0 Å². The maximum absolute atomic E-state index is 5.63. The summed E-state index contributed by atoms with van der Waals surface area (Å²) >= 11 is 4.09. The molecular weight excluding hydrogens is 204 g/mol. The molecule has 0 spiro atoms.